The SMILES string of the molecule is O=C(O)c1ccnc(NCC(F)(F)CO)c1Cl. The molecule has 0 bridgehead atoms. The molecular formula is C9H9ClF2N2O3. The summed E-state index contributed by atoms with van der Waals surface area (Å²) in [5.74, 6) is -4.78. The predicted octanol–water partition coefficient (Wildman–Crippen LogP) is 1.47. The van der Waals surface area contributed by atoms with E-state index in [0.717, 1.165) is 12.3 Å². The number of rotatable bonds is 5. The van der Waals surface area contributed by atoms with Crippen LogP contribution in [0.15, 0.2) is 12.3 Å². The molecule has 0 spiro atoms. The highest BCUT2D eigenvalue weighted by Gasteiger charge is 2.28. The fourth-order valence-electron chi connectivity index (χ4n) is 1.00. The van der Waals surface area contributed by atoms with Gasteiger partial charge >= 0.3 is 5.97 Å². The summed E-state index contributed by atoms with van der Waals surface area (Å²) in [6, 6.07) is 1.15. The van der Waals surface area contributed by atoms with E-state index >= 15 is 0 Å². The van der Waals surface area contributed by atoms with E-state index in [9.17, 15) is 13.6 Å². The molecule has 0 aromatic carbocycles. The van der Waals surface area contributed by atoms with E-state index in [2.05, 4.69) is 10.3 Å². The van der Waals surface area contributed by atoms with Crippen LogP contribution in [0, 0.1) is 0 Å². The molecule has 0 aliphatic rings. The number of aromatic carboxylic acids is 1. The van der Waals surface area contributed by atoms with Gasteiger partial charge in [-0.05, 0) is 6.07 Å². The minimum Gasteiger partial charge on any atom is -0.478 e. The lowest BCUT2D eigenvalue weighted by Gasteiger charge is -2.15. The van der Waals surface area contributed by atoms with Gasteiger partial charge in [-0.1, -0.05) is 11.6 Å². The number of anilines is 1. The lowest BCUT2D eigenvalue weighted by molar-refractivity contribution is -0.0373. The van der Waals surface area contributed by atoms with Crippen LogP contribution in [0.2, 0.25) is 5.02 Å². The highest BCUT2D eigenvalue weighted by atomic mass is 35.5. The zero-order chi connectivity index (χ0) is 13.1. The van der Waals surface area contributed by atoms with Crippen molar-refractivity contribution in [2.24, 2.45) is 0 Å². The molecule has 0 saturated carbocycles. The highest BCUT2D eigenvalue weighted by Crippen LogP contribution is 2.24. The van der Waals surface area contributed by atoms with E-state index in [1.54, 1.807) is 0 Å². The van der Waals surface area contributed by atoms with Gasteiger partial charge in [-0.3, -0.25) is 0 Å². The number of carbonyl (C=O) groups is 1. The molecule has 1 heterocycles. The first-order valence-electron chi connectivity index (χ1n) is 4.48. The van der Waals surface area contributed by atoms with Crippen molar-refractivity contribution in [2.75, 3.05) is 18.5 Å². The number of nitrogens with one attached hydrogen (secondary N) is 1. The zero-order valence-corrected chi connectivity index (χ0v) is 9.21. The Morgan fingerprint density at radius 3 is 2.76 bits per heavy atom. The Morgan fingerprint density at radius 1 is 1.59 bits per heavy atom. The second kappa shape index (κ2) is 5.24. The molecule has 0 unspecified atom stereocenters. The third-order valence-electron chi connectivity index (χ3n) is 1.87. The van der Waals surface area contributed by atoms with Gasteiger partial charge in [-0.15, -0.1) is 0 Å². The molecule has 0 aliphatic heterocycles. The summed E-state index contributed by atoms with van der Waals surface area (Å²) < 4.78 is 25.5. The van der Waals surface area contributed by atoms with Crippen LogP contribution in [0.1, 0.15) is 10.4 Å². The van der Waals surface area contributed by atoms with E-state index < -0.39 is 25.0 Å². The molecule has 8 heteroatoms. The van der Waals surface area contributed by atoms with Crippen molar-refractivity contribution in [1.29, 1.82) is 0 Å². The quantitative estimate of drug-likeness (QED) is 0.752. The minimum atomic E-state index is -3.33. The van der Waals surface area contributed by atoms with Crippen molar-refractivity contribution in [2.45, 2.75) is 5.92 Å². The van der Waals surface area contributed by atoms with E-state index in [-0.39, 0.29) is 16.4 Å². The topological polar surface area (TPSA) is 82.5 Å². The first-order valence-corrected chi connectivity index (χ1v) is 4.85. The smallest absolute Gasteiger partial charge is 0.337 e. The fourth-order valence-corrected chi connectivity index (χ4v) is 1.26. The standard InChI is InChI=1S/C9H9ClF2N2O3/c10-6-5(8(16)17)1-2-13-7(6)14-3-9(11,12)4-15/h1-2,15H,3-4H2,(H,13,14)(H,16,17). The predicted molar refractivity (Wildman–Crippen MR) is 56.7 cm³/mol. The summed E-state index contributed by atoms with van der Waals surface area (Å²) in [5.41, 5.74) is -0.239. The summed E-state index contributed by atoms with van der Waals surface area (Å²) in [7, 11) is 0. The first kappa shape index (κ1) is 13.6. The number of hydrogen-bond donors (Lipinski definition) is 3. The van der Waals surface area contributed by atoms with Crippen molar-refractivity contribution < 1.29 is 23.8 Å². The Bertz CT molecular complexity index is 429. The Labute approximate surface area is 100 Å². The maximum atomic E-state index is 12.7. The van der Waals surface area contributed by atoms with Crippen LogP contribution in [0.5, 0.6) is 0 Å². The molecule has 17 heavy (non-hydrogen) atoms. The normalized spacial score (nSPS) is 11.3. The summed E-state index contributed by atoms with van der Waals surface area (Å²) in [5, 5.41) is 19.0. The molecule has 0 radical (unpaired) electrons. The average Bonchev–Trinajstić information content (AvgIpc) is 2.27. The molecule has 1 aromatic heterocycles. The van der Waals surface area contributed by atoms with Crippen molar-refractivity contribution in [3.63, 3.8) is 0 Å². The molecule has 0 saturated heterocycles. The van der Waals surface area contributed by atoms with Crippen LogP contribution >= 0.6 is 11.6 Å². The molecule has 1 rings (SSSR count). The first-order chi connectivity index (χ1) is 7.87. The van der Waals surface area contributed by atoms with Crippen LogP contribution in [0.3, 0.4) is 0 Å². The summed E-state index contributed by atoms with van der Waals surface area (Å²) >= 11 is 5.66. The van der Waals surface area contributed by atoms with E-state index in [0.29, 0.717) is 0 Å². The van der Waals surface area contributed by atoms with E-state index in [4.69, 9.17) is 21.8 Å². The van der Waals surface area contributed by atoms with Crippen LogP contribution in [-0.4, -0.2) is 40.2 Å². The Morgan fingerprint density at radius 2 is 2.24 bits per heavy atom. The van der Waals surface area contributed by atoms with Gasteiger partial charge in [0.25, 0.3) is 5.92 Å². The molecule has 94 valence electrons. The van der Waals surface area contributed by atoms with Gasteiger partial charge in [0, 0.05) is 6.20 Å². The molecule has 0 fully saturated rings. The lowest BCUT2D eigenvalue weighted by Crippen LogP contribution is -2.31. The molecule has 0 aliphatic carbocycles. The number of alkyl halides is 2. The largest absolute Gasteiger partial charge is 0.478 e. The van der Waals surface area contributed by atoms with Crippen LogP contribution in [0.4, 0.5) is 14.6 Å². The molecule has 5 nitrogen and oxygen atoms in total. The zero-order valence-electron chi connectivity index (χ0n) is 8.45. The van der Waals surface area contributed by atoms with Gasteiger partial charge in [0.15, 0.2) is 0 Å². The van der Waals surface area contributed by atoms with Crippen LogP contribution in [0.25, 0.3) is 0 Å². The van der Waals surface area contributed by atoms with E-state index in [1.807, 2.05) is 0 Å². The van der Waals surface area contributed by atoms with Gasteiger partial charge in [-0.25, -0.2) is 18.6 Å². The Balaban J connectivity index is 2.86. The second-order valence-corrected chi connectivity index (χ2v) is 3.57. The van der Waals surface area contributed by atoms with E-state index in [1.165, 1.54) is 0 Å². The molecule has 3 N–H and O–H groups in total. The summed E-state index contributed by atoms with van der Waals surface area (Å²) in [4.78, 5) is 14.3. The number of pyridine rings is 1. The van der Waals surface area contributed by atoms with Gasteiger partial charge in [0.2, 0.25) is 0 Å². The number of aliphatic hydroxyl groups is 1. The molecule has 0 atom stereocenters. The molecular weight excluding hydrogens is 258 g/mol. The van der Waals surface area contributed by atoms with Crippen molar-refractivity contribution in [1.82, 2.24) is 4.98 Å². The second-order valence-electron chi connectivity index (χ2n) is 3.19. The van der Waals surface area contributed by atoms with Gasteiger partial charge in [-0.2, -0.15) is 0 Å². The third-order valence-corrected chi connectivity index (χ3v) is 2.25. The number of hydrogen-bond acceptors (Lipinski definition) is 4. The van der Waals surface area contributed by atoms with Gasteiger partial charge in [0.1, 0.15) is 12.4 Å². The number of halogens is 3. The van der Waals surface area contributed by atoms with Crippen LogP contribution in [-0.2, 0) is 0 Å². The number of carboxylic acid groups (broad SMARTS) is 1. The summed E-state index contributed by atoms with van der Waals surface area (Å²) in [6.45, 7) is -2.21. The molecule has 1 aromatic rings. The Hall–Kier alpha value is -1.47. The Kier molecular flexibility index (Phi) is 4.19. The minimum absolute atomic E-state index is 0.167. The fraction of sp³-hybridized carbons (Fsp3) is 0.333. The number of carboxylic acids is 1. The average molecular weight is 267 g/mol. The lowest BCUT2D eigenvalue weighted by atomic mass is 10.2. The van der Waals surface area contributed by atoms with Crippen molar-refractivity contribution in [3.8, 4) is 0 Å². The van der Waals surface area contributed by atoms with Gasteiger partial charge < -0.3 is 15.5 Å². The van der Waals surface area contributed by atoms with Crippen molar-refractivity contribution >= 4 is 23.4 Å². The maximum Gasteiger partial charge on any atom is 0.337 e. The maximum absolute atomic E-state index is 12.7. The summed E-state index contributed by atoms with van der Waals surface area (Å²) in [6.07, 6.45) is 1.13. The van der Waals surface area contributed by atoms with Gasteiger partial charge in [0.05, 0.1) is 17.1 Å². The van der Waals surface area contributed by atoms with Crippen LogP contribution < -0.4 is 5.32 Å². The number of aromatic nitrogens is 1. The molecule has 0 amide bonds. The number of nitrogens with zero attached hydrogens (tertiary/aromatic N) is 1. The van der Waals surface area contributed by atoms with Crippen molar-refractivity contribution in [3.05, 3.63) is 22.8 Å². The highest BCUT2D eigenvalue weighted by molar-refractivity contribution is 6.35. The monoisotopic (exact) mass is 266 g/mol. The third kappa shape index (κ3) is 3.50. The number of aliphatic hydroxyl groups excluding tert-OH is 1.